The van der Waals surface area contributed by atoms with Crippen molar-refractivity contribution in [3.05, 3.63) is 0 Å². The molecular weight excluding hydrogens is 180 g/mol. The van der Waals surface area contributed by atoms with E-state index in [9.17, 15) is 4.79 Å². The number of ether oxygens (including phenoxy) is 1. The highest BCUT2D eigenvalue weighted by molar-refractivity contribution is 5.76. The molecule has 0 unspecified atom stereocenters. The number of carbonyl (C=O) groups is 1. The molecule has 82 valence electrons. The van der Waals surface area contributed by atoms with Gasteiger partial charge < -0.3 is 15.4 Å². The van der Waals surface area contributed by atoms with Gasteiger partial charge in [-0.1, -0.05) is 0 Å². The van der Waals surface area contributed by atoms with Crippen LogP contribution in [0.2, 0.25) is 0 Å². The maximum absolute atomic E-state index is 11.2. The van der Waals surface area contributed by atoms with Gasteiger partial charge in [0.2, 0.25) is 5.91 Å². The summed E-state index contributed by atoms with van der Waals surface area (Å²) in [6.45, 7) is 5.02. The lowest BCUT2D eigenvalue weighted by Gasteiger charge is -2.05. The number of rotatable bonds is 8. The quantitative estimate of drug-likeness (QED) is 0.553. The second kappa shape index (κ2) is 6.79. The molecule has 0 aromatic carbocycles. The molecule has 0 spiro atoms. The molecule has 0 bridgehead atoms. The average molecular weight is 200 g/mol. The van der Waals surface area contributed by atoms with Crippen molar-refractivity contribution in [2.24, 2.45) is 0 Å². The topological polar surface area (TPSA) is 50.4 Å². The Morgan fingerprint density at radius 3 is 2.86 bits per heavy atom. The van der Waals surface area contributed by atoms with Crippen molar-refractivity contribution < 1.29 is 9.53 Å². The van der Waals surface area contributed by atoms with Crippen LogP contribution in [-0.4, -0.2) is 38.3 Å². The largest absolute Gasteiger partial charge is 0.380 e. The Kier molecular flexibility index (Phi) is 5.56. The van der Waals surface area contributed by atoms with Gasteiger partial charge >= 0.3 is 0 Å². The van der Waals surface area contributed by atoms with Gasteiger partial charge in [0.05, 0.1) is 6.61 Å². The third-order valence-electron chi connectivity index (χ3n) is 2.10. The van der Waals surface area contributed by atoms with E-state index in [0.29, 0.717) is 12.5 Å². The van der Waals surface area contributed by atoms with Gasteiger partial charge in [-0.25, -0.2) is 0 Å². The summed E-state index contributed by atoms with van der Waals surface area (Å²) in [5.74, 6) is 0.163. The van der Waals surface area contributed by atoms with Crippen molar-refractivity contribution in [2.45, 2.75) is 32.2 Å². The van der Waals surface area contributed by atoms with E-state index in [4.69, 9.17) is 4.74 Å². The van der Waals surface area contributed by atoms with Crippen LogP contribution in [0.3, 0.4) is 0 Å². The summed E-state index contributed by atoms with van der Waals surface area (Å²) in [5, 5.41) is 6.10. The zero-order chi connectivity index (χ0) is 10.2. The van der Waals surface area contributed by atoms with Crippen LogP contribution in [-0.2, 0) is 9.53 Å². The highest BCUT2D eigenvalue weighted by Crippen LogP contribution is 2.18. The zero-order valence-corrected chi connectivity index (χ0v) is 8.84. The fraction of sp³-hybridized carbons (Fsp3) is 0.900. The lowest BCUT2D eigenvalue weighted by molar-refractivity contribution is -0.121. The van der Waals surface area contributed by atoms with Crippen LogP contribution in [0.1, 0.15) is 26.2 Å². The van der Waals surface area contributed by atoms with E-state index in [2.05, 4.69) is 10.6 Å². The van der Waals surface area contributed by atoms with E-state index in [1.807, 2.05) is 6.92 Å². The monoisotopic (exact) mass is 200 g/mol. The first-order valence-corrected chi connectivity index (χ1v) is 5.40. The molecule has 4 heteroatoms. The summed E-state index contributed by atoms with van der Waals surface area (Å²) in [5.41, 5.74) is 0. The van der Waals surface area contributed by atoms with Crippen LogP contribution in [0.5, 0.6) is 0 Å². The normalized spacial score (nSPS) is 15.5. The fourth-order valence-corrected chi connectivity index (χ4v) is 1.14. The van der Waals surface area contributed by atoms with E-state index in [1.165, 1.54) is 0 Å². The third kappa shape index (κ3) is 5.94. The van der Waals surface area contributed by atoms with Crippen LogP contribution in [0.25, 0.3) is 0 Å². The summed E-state index contributed by atoms with van der Waals surface area (Å²) in [7, 11) is 0. The molecule has 0 aromatic heterocycles. The molecule has 0 aromatic rings. The molecule has 0 saturated heterocycles. The van der Waals surface area contributed by atoms with Gasteiger partial charge in [-0.3, -0.25) is 4.79 Å². The van der Waals surface area contributed by atoms with Gasteiger partial charge in [-0.2, -0.15) is 0 Å². The molecule has 2 N–H and O–H groups in total. The van der Waals surface area contributed by atoms with Gasteiger partial charge in [-0.15, -0.1) is 0 Å². The number of hydrogen-bond acceptors (Lipinski definition) is 3. The molecule has 1 fully saturated rings. The molecular formula is C10H20N2O2. The van der Waals surface area contributed by atoms with Crippen molar-refractivity contribution in [3.63, 3.8) is 0 Å². The van der Waals surface area contributed by atoms with Crippen LogP contribution in [0.15, 0.2) is 0 Å². The maximum atomic E-state index is 11.2. The predicted molar refractivity (Wildman–Crippen MR) is 55.1 cm³/mol. The Morgan fingerprint density at radius 2 is 2.21 bits per heavy atom. The Balaban J connectivity index is 1.80. The first-order chi connectivity index (χ1) is 6.83. The minimum absolute atomic E-state index is 0.163. The summed E-state index contributed by atoms with van der Waals surface area (Å²) < 4.78 is 5.15. The number of carbonyl (C=O) groups excluding carboxylic acids is 1. The summed E-state index contributed by atoms with van der Waals surface area (Å²) >= 11 is 0. The lowest BCUT2D eigenvalue weighted by Crippen LogP contribution is -2.30. The maximum Gasteiger partial charge on any atom is 0.221 e. The van der Waals surface area contributed by atoms with E-state index in [1.54, 1.807) is 0 Å². The van der Waals surface area contributed by atoms with Gasteiger partial charge in [0.25, 0.3) is 0 Å². The summed E-state index contributed by atoms with van der Waals surface area (Å²) in [6, 6.07) is 0.478. The molecule has 1 amide bonds. The van der Waals surface area contributed by atoms with Gasteiger partial charge in [-0.05, 0) is 19.8 Å². The van der Waals surface area contributed by atoms with Crippen LogP contribution in [0, 0.1) is 0 Å². The molecule has 1 aliphatic rings. The molecule has 0 heterocycles. The molecule has 0 radical (unpaired) electrons. The van der Waals surface area contributed by atoms with E-state index >= 15 is 0 Å². The first kappa shape index (κ1) is 11.5. The Bertz CT molecular complexity index is 170. The van der Waals surface area contributed by atoms with Crippen molar-refractivity contribution in [1.29, 1.82) is 0 Å². The van der Waals surface area contributed by atoms with E-state index in [0.717, 1.165) is 39.1 Å². The molecule has 1 rings (SSSR count). The fourth-order valence-electron chi connectivity index (χ4n) is 1.14. The van der Waals surface area contributed by atoms with Crippen LogP contribution < -0.4 is 10.6 Å². The zero-order valence-electron chi connectivity index (χ0n) is 8.84. The minimum atomic E-state index is 0.163. The number of nitrogens with one attached hydrogen (secondary N) is 2. The molecule has 0 atom stereocenters. The van der Waals surface area contributed by atoms with Crippen molar-refractivity contribution in [3.8, 4) is 0 Å². The van der Waals surface area contributed by atoms with Crippen LogP contribution in [0.4, 0.5) is 0 Å². The van der Waals surface area contributed by atoms with Crippen LogP contribution >= 0.6 is 0 Å². The smallest absolute Gasteiger partial charge is 0.221 e. The van der Waals surface area contributed by atoms with Gasteiger partial charge in [0.15, 0.2) is 0 Å². The molecule has 1 saturated carbocycles. The van der Waals surface area contributed by atoms with Crippen molar-refractivity contribution >= 4 is 5.91 Å². The summed E-state index contributed by atoms with van der Waals surface area (Å²) in [4.78, 5) is 11.2. The standard InChI is InChI=1S/C10H20N2O2/c1-2-14-8-7-11-6-5-10(13)12-9-3-4-9/h9,11H,2-8H2,1H3,(H,12,13). The number of hydrogen-bond donors (Lipinski definition) is 2. The Morgan fingerprint density at radius 1 is 1.43 bits per heavy atom. The van der Waals surface area contributed by atoms with Crippen molar-refractivity contribution in [2.75, 3.05) is 26.3 Å². The van der Waals surface area contributed by atoms with Crippen molar-refractivity contribution in [1.82, 2.24) is 10.6 Å². The second-order valence-electron chi connectivity index (χ2n) is 3.54. The Hall–Kier alpha value is -0.610. The molecule has 0 aliphatic heterocycles. The lowest BCUT2D eigenvalue weighted by atomic mass is 10.4. The highest BCUT2D eigenvalue weighted by Gasteiger charge is 2.22. The van der Waals surface area contributed by atoms with Gasteiger partial charge in [0, 0.05) is 32.2 Å². The molecule has 1 aliphatic carbocycles. The Labute approximate surface area is 85.4 Å². The highest BCUT2D eigenvalue weighted by atomic mass is 16.5. The van der Waals surface area contributed by atoms with E-state index in [-0.39, 0.29) is 5.91 Å². The second-order valence-corrected chi connectivity index (χ2v) is 3.54. The average Bonchev–Trinajstić information content (AvgIpc) is 2.95. The summed E-state index contributed by atoms with van der Waals surface area (Å²) in [6.07, 6.45) is 2.88. The number of amides is 1. The van der Waals surface area contributed by atoms with E-state index < -0.39 is 0 Å². The SMILES string of the molecule is CCOCCNCCC(=O)NC1CC1. The minimum Gasteiger partial charge on any atom is -0.380 e. The predicted octanol–water partition coefficient (Wildman–Crippen LogP) is 0.281. The molecule has 4 nitrogen and oxygen atoms in total. The third-order valence-corrected chi connectivity index (χ3v) is 2.10. The van der Waals surface area contributed by atoms with Gasteiger partial charge in [0.1, 0.15) is 0 Å². The first-order valence-electron chi connectivity index (χ1n) is 5.40. The molecule has 14 heavy (non-hydrogen) atoms.